The molecule has 0 aromatic carbocycles. The van der Waals surface area contributed by atoms with Gasteiger partial charge in [-0.15, -0.1) is 0 Å². The van der Waals surface area contributed by atoms with E-state index < -0.39 is 17.9 Å². The standard InChI is InChI=1S/C13H23NO3/c1-4-11(8-15)7-9(2)5-6-12(16)10(3)13(14)17/h4,7,10,12,15-16H,5-6,8H2,1-3H3,(H2,14,17)/b9-7+,11-4-/t10-,12+/m1/s1. The maximum atomic E-state index is 10.9. The monoisotopic (exact) mass is 241 g/mol. The summed E-state index contributed by atoms with van der Waals surface area (Å²) >= 11 is 0. The number of aliphatic hydroxyl groups is 2. The maximum Gasteiger partial charge on any atom is 0.222 e. The Morgan fingerprint density at radius 3 is 2.47 bits per heavy atom. The normalized spacial score (nSPS) is 16.8. The van der Waals surface area contributed by atoms with E-state index in [0.29, 0.717) is 12.8 Å². The zero-order valence-electron chi connectivity index (χ0n) is 10.8. The lowest BCUT2D eigenvalue weighted by atomic mass is 9.97. The molecule has 0 heterocycles. The molecule has 2 atom stereocenters. The van der Waals surface area contributed by atoms with Crippen LogP contribution in [-0.2, 0) is 4.79 Å². The Hall–Kier alpha value is -1.13. The van der Waals surface area contributed by atoms with Gasteiger partial charge in [0, 0.05) is 0 Å². The topological polar surface area (TPSA) is 83.5 Å². The van der Waals surface area contributed by atoms with E-state index in [4.69, 9.17) is 10.8 Å². The average molecular weight is 241 g/mol. The van der Waals surface area contributed by atoms with Gasteiger partial charge in [-0.05, 0) is 32.3 Å². The van der Waals surface area contributed by atoms with Crippen molar-refractivity contribution in [1.82, 2.24) is 0 Å². The van der Waals surface area contributed by atoms with Crippen LogP contribution in [-0.4, -0.2) is 28.8 Å². The SMILES string of the molecule is C/C=C(/C=C(\C)CC[C@H](O)[C@@H](C)C(N)=O)CO. The van der Waals surface area contributed by atoms with Crippen LogP contribution in [0.3, 0.4) is 0 Å². The smallest absolute Gasteiger partial charge is 0.222 e. The molecule has 0 rings (SSSR count). The van der Waals surface area contributed by atoms with Crippen LogP contribution in [0.1, 0.15) is 33.6 Å². The Labute approximate surface area is 103 Å². The highest BCUT2D eigenvalue weighted by Gasteiger charge is 2.18. The van der Waals surface area contributed by atoms with E-state index in [0.717, 1.165) is 11.1 Å². The van der Waals surface area contributed by atoms with Gasteiger partial charge in [0.05, 0.1) is 18.6 Å². The molecule has 0 spiro atoms. The third kappa shape index (κ3) is 6.24. The van der Waals surface area contributed by atoms with Crippen molar-refractivity contribution >= 4 is 5.91 Å². The molecule has 98 valence electrons. The minimum Gasteiger partial charge on any atom is -0.392 e. The minimum atomic E-state index is -0.709. The summed E-state index contributed by atoms with van der Waals surface area (Å²) in [5.41, 5.74) is 7.02. The van der Waals surface area contributed by atoms with Gasteiger partial charge in [-0.3, -0.25) is 4.79 Å². The molecule has 0 radical (unpaired) electrons. The highest BCUT2D eigenvalue weighted by atomic mass is 16.3. The first kappa shape index (κ1) is 15.9. The summed E-state index contributed by atoms with van der Waals surface area (Å²) in [6, 6.07) is 0. The van der Waals surface area contributed by atoms with Gasteiger partial charge < -0.3 is 15.9 Å². The molecule has 0 aliphatic heterocycles. The van der Waals surface area contributed by atoms with E-state index in [2.05, 4.69) is 0 Å². The number of carbonyl (C=O) groups is 1. The Bertz CT molecular complexity index is 308. The second-order valence-corrected chi connectivity index (χ2v) is 4.31. The number of carbonyl (C=O) groups excluding carboxylic acids is 1. The molecule has 0 unspecified atom stereocenters. The largest absolute Gasteiger partial charge is 0.392 e. The highest BCUT2D eigenvalue weighted by molar-refractivity contribution is 5.76. The zero-order chi connectivity index (χ0) is 13.4. The minimum absolute atomic E-state index is 0.00802. The summed E-state index contributed by atoms with van der Waals surface area (Å²) < 4.78 is 0. The van der Waals surface area contributed by atoms with Crippen molar-refractivity contribution in [3.63, 3.8) is 0 Å². The van der Waals surface area contributed by atoms with Gasteiger partial charge in [0.25, 0.3) is 0 Å². The van der Waals surface area contributed by atoms with Crippen molar-refractivity contribution in [2.24, 2.45) is 11.7 Å². The lowest BCUT2D eigenvalue weighted by Crippen LogP contribution is -2.31. The van der Waals surface area contributed by atoms with E-state index in [1.807, 2.05) is 26.0 Å². The number of aliphatic hydroxyl groups excluding tert-OH is 2. The van der Waals surface area contributed by atoms with Gasteiger partial charge in [0.2, 0.25) is 5.91 Å². The van der Waals surface area contributed by atoms with Crippen LogP contribution in [0.15, 0.2) is 23.3 Å². The van der Waals surface area contributed by atoms with Crippen molar-refractivity contribution in [3.8, 4) is 0 Å². The number of primary amides is 1. The lowest BCUT2D eigenvalue weighted by molar-refractivity contribution is -0.124. The number of allylic oxidation sites excluding steroid dienone is 2. The summed E-state index contributed by atoms with van der Waals surface area (Å²) in [5, 5.41) is 18.7. The van der Waals surface area contributed by atoms with Crippen molar-refractivity contribution in [1.29, 1.82) is 0 Å². The summed E-state index contributed by atoms with van der Waals surface area (Å²) in [6.07, 6.45) is 4.19. The first-order valence-corrected chi connectivity index (χ1v) is 5.83. The molecule has 4 nitrogen and oxygen atoms in total. The first-order valence-electron chi connectivity index (χ1n) is 5.83. The Morgan fingerprint density at radius 1 is 1.47 bits per heavy atom. The van der Waals surface area contributed by atoms with Crippen molar-refractivity contribution in [2.45, 2.75) is 39.7 Å². The third-order valence-electron chi connectivity index (χ3n) is 2.85. The van der Waals surface area contributed by atoms with Crippen LogP contribution >= 0.6 is 0 Å². The van der Waals surface area contributed by atoms with E-state index in [-0.39, 0.29) is 6.61 Å². The predicted molar refractivity (Wildman–Crippen MR) is 68.2 cm³/mol. The molecule has 0 aliphatic carbocycles. The van der Waals surface area contributed by atoms with Crippen molar-refractivity contribution in [3.05, 3.63) is 23.3 Å². The van der Waals surface area contributed by atoms with Gasteiger partial charge in [-0.1, -0.05) is 24.6 Å². The summed E-state index contributed by atoms with van der Waals surface area (Å²) in [4.78, 5) is 10.9. The molecule has 17 heavy (non-hydrogen) atoms. The molecule has 4 heteroatoms. The van der Waals surface area contributed by atoms with E-state index >= 15 is 0 Å². The lowest BCUT2D eigenvalue weighted by Gasteiger charge is -2.15. The molecular formula is C13H23NO3. The summed E-state index contributed by atoms with van der Waals surface area (Å²) in [5.74, 6) is -1.01. The molecule has 4 N–H and O–H groups in total. The second kappa shape index (κ2) is 8.03. The van der Waals surface area contributed by atoms with Gasteiger partial charge >= 0.3 is 0 Å². The molecular weight excluding hydrogens is 218 g/mol. The maximum absolute atomic E-state index is 10.9. The molecule has 0 aromatic rings. The van der Waals surface area contributed by atoms with Crippen LogP contribution < -0.4 is 5.73 Å². The first-order chi connectivity index (χ1) is 7.92. The molecule has 0 bridgehead atoms. The quantitative estimate of drug-likeness (QED) is 0.584. The Kier molecular flexibility index (Phi) is 7.50. The predicted octanol–water partition coefficient (Wildman–Crippen LogP) is 1.13. The number of rotatable bonds is 7. The fourth-order valence-electron chi connectivity index (χ4n) is 1.42. The van der Waals surface area contributed by atoms with E-state index in [1.165, 1.54) is 0 Å². The summed E-state index contributed by atoms with van der Waals surface area (Å²) in [7, 11) is 0. The van der Waals surface area contributed by atoms with Gasteiger partial charge in [0.15, 0.2) is 0 Å². The average Bonchev–Trinajstić information content (AvgIpc) is 2.31. The third-order valence-corrected chi connectivity index (χ3v) is 2.85. The number of amides is 1. The van der Waals surface area contributed by atoms with Gasteiger partial charge in [0.1, 0.15) is 0 Å². The fraction of sp³-hybridized carbons (Fsp3) is 0.615. The van der Waals surface area contributed by atoms with E-state index in [1.54, 1.807) is 6.92 Å². The van der Waals surface area contributed by atoms with Crippen LogP contribution in [0.2, 0.25) is 0 Å². The highest BCUT2D eigenvalue weighted by Crippen LogP contribution is 2.14. The second-order valence-electron chi connectivity index (χ2n) is 4.31. The van der Waals surface area contributed by atoms with Crippen molar-refractivity contribution < 1.29 is 15.0 Å². The van der Waals surface area contributed by atoms with Crippen molar-refractivity contribution in [2.75, 3.05) is 6.61 Å². The molecule has 0 saturated carbocycles. The number of hydrogen-bond acceptors (Lipinski definition) is 3. The number of hydrogen-bond donors (Lipinski definition) is 3. The molecule has 1 amide bonds. The number of nitrogens with two attached hydrogens (primary N) is 1. The van der Waals surface area contributed by atoms with E-state index in [9.17, 15) is 9.90 Å². The van der Waals surface area contributed by atoms with Crippen LogP contribution in [0.5, 0.6) is 0 Å². The fourth-order valence-corrected chi connectivity index (χ4v) is 1.42. The van der Waals surface area contributed by atoms with Gasteiger partial charge in [-0.25, -0.2) is 0 Å². The molecule has 0 aliphatic rings. The molecule has 0 aromatic heterocycles. The Morgan fingerprint density at radius 2 is 2.06 bits per heavy atom. The van der Waals surface area contributed by atoms with Crippen LogP contribution in [0.25, 0.3) is 0 Å². The molecule has 0 saturated heterocycles. The van der Waals surface area contributed by atoms with Crippen LogP contribution in [0, 0.1) is 5.92 Å². The zero-order valence-corrected chi connectivity index (χ0v) is 10.8. The Balaban J connectivity index is 4.24. The molecule has 0 fully saturated rings. The summed E-state index contributed by atoms with van der Waals surface area (Å²) in [6.45, 7) is 5.42. The van der Waals surface area contributed by atoms with Crippen LogP contribution in [0.4, 0.5) is 0 Å². The van der Waals surface area contributed by atoms with Gasteiger partial charge in [-0.2, -0.15) is 0 Å².